The van der Waals surface area contributed by atoms with Gasteiger partial charge in [-0.05, 0) is 36.1 Å². The second-order valence-corrected chi connectivity index (χ2v) is 8.00. The summed E-state index contributed by atoms with van der Waals surface area (Å²) >= 11 is 6.02. The van der Waals surface area contributed by atoms with Crippen LogP contribution >= 0.6 is 11.6 Å². The summed E-state index contributed by atoms with van der Waals surface area (Å²) in [5.74, 6) is 0.479. The highest BCUT2D eigenvalue weighted by atomic mass is 35.5. The second kappa shape index (κ2) is 6.99. The molecule has 1 saturated heterocycles. The van der Waals surface area contributed by atoms with Crippen LogP contribution in [0.2, 0.25) is 5.02 Å². The van der Waals surface area contributed by atoms with Gasteiger partial charge in [-0.1, -0.05) is 11.6 Å². The normalized spacial score (nSPS) is 22.0. The SMILES string of the molecule is C[C@]1(N2CCN(N=Cc3cc4cc(Cl)ccc4o3)CC2)Cn2cc([N+](=O)[O-])nc2O1. The van der Waals surface area contributed by atoms with Crippen LogP contribution in [0.4, 0.5) is 5.82 Å². The highest BCUT2D eigenvalue weighted by Gasteiger charge is 2.45. The van der Waals surface area contributed by atoms with Gasteiger partial charge in [0.05, 0.1) is 12.8 Å². The zero-order chi connectivity index (χ0) is 20.9. The van der Waals surface area contributed by atoms with E-state index in [1.165, 1.54) is 6.20 Å². The molecule has 10 nitrogen and oxygen atoms in total. The molecule has 4 heterocycles. The molecule has 30 heavy (non-hydrogen) atoms. The molecule has 0 N–H and O–H groups in total. The van der Waals surface area contributed by atoms with Gasteiger partial charge >= 0.3 is 11.8 Å². The van der Waals surface area contributed by atoms with E-state index < -0.39 is 10.6 Å². The number of furan rings is 1. The standard InChI is InChI=1S/C19H19ClN6O4/c1-19(12-23-11-17(26(27)28)22-18(23)30-19)24-4-6-25(7-5-24)21-10-15-9-13-8-14(20)2-3-16(13)29-15/h2-3,8-11H,4-7,12H2,1H3/t19-/m1/s1. The number of rotatable bonds is 4. The van der Waals surface area contributed by atoms with Crippen molar-refractivity contribution in [2.45, 2.75) is 19.2 Å². The van der Waals surface area contributed by atoms with Crippen molar-refractivity contribution in [2.24, 2.45) is 5.10 Å². The summed E-state index contributed by atoms with van der Waals surface area (Å²) in [5, 5.41) is 19.0. The summed E-state index contributed by atoms with van der Waals surface area (Å²) < 4.78 is 13.4. The lowest BCUT2D eigenvalue weighted by Crippen LogP contribution is -2.57. The number of aromatic nitrogens is 2. The predicted molar refractivity (Wildman–Crippen MR) is 110 cm³/mol. The number of halogens is 1. The van der Waals surface area contributed by atoms with E-state index in [-0.39, 0.29) is 11.8 Å². The molecule has 1 atom stereocenters. The van der Waals surface area contributed by atoms with E-state index in [0.717, 1.165) is 37.1 Å². The van der Waals surface area contributed by atoms with Gasteiger partial charge in [0.1, 0.15) is 17.5 Å². The maximum atomic E-state index is 10.9. The molecule has 0 amide bonds. The Bertz CT molecular complexity index is 1120. The molecule has 0 saturated carbocycles. The lowest BCUT2D eigenvalue weighted by molar-refractivity contribution is -0.389. The topological polar surface area (TPSA) is 102 Å². The van der Waals surface area contributed by atoms with Crippen molar-refractivity contribution in [3.8, 4) is 6.01 Å². The fourth-order valence-electron chi connectivity index (χ4n) is 3.90. The Morgan fingerprint density at radius 2 is 2.10 bits per heavy atom. The van der Waals surface area contributed by atoms with E-state index in [9.17, 15) is 10.1 Å². The number of ether oxygens (including phenoxy) is 1. The molecule has 0 radical (unpaired) electrons. The largest absolute Gasteiger partial charge is 0.455 e. The Morgan fingerprint density at radius 3 is 2.83 bits per heavy atom. The van der Waals surface area contributed by atoms with E-state index in [1.54, 1.807) is 16.8 Å². The minimum Gasteiger partial charge on any atom is -0.455 e. The number of hydrazone groups is 1. The summed E-state index contributed by atoms with van der Waals surface area (Å²) in [6.45, 7) is 5.42. The van der Waals surface area contributed by atoms with Crippen LogP contribution in [0.5, 0.6) is 6.01 Å². The summed E-state index contributed by atoms with van der Waals surface area (Å²) in [6, 6.07) is 7.70. The Labute approximate surface area is 176 Å². The van der Waals surface area contributed by atoms with Crippen LogP contribution in [0.25, 0.3) is 11.0 Å². The van der Waals surface area contributed by atoms with Gasteiger partial charge in [0.2, 0.25) is 0 Å². The zero-order valence-electron chi connectivity index (χ0n) is 16.2. The van der Waals surface area contributed by atoms with Gasteiger partial charge < -0.3 is 19.3 Å². The van der Waals surface area contributed by atoms with Crippen molar-refractivity contribution in [3.63, 3.8) is 0 Å². The second-order valence-electron chi connectivity index (χ2n) is 7.56. The molecule has 0 unspecified atom stereocenters. The molecule has 11 heteroatoms. The molecular weight excluding hydrogens is 412 g/mol. The van der Waals surface area contributed by atoms with Gasteiger partial charge in [-0.3, -0.25) is 14.5 Å². The van der Waals surface area contributed by atoms with Crippen molar-refractivity contribution >= 4 is 34.6 Å². The Hall–Kier alpha value is -3.11. The molecular formula is C19H19ClN6O4. The minimum absolute atomic E-state index is 0.195. The first kappa shape index (κ1) is 18.9. The third kappa shape index (κ3) is 3.37. The van der Waals surface area contributed by atoms with Crippen molar-refractivity contribution in [3.05, 3.63) is 51.4 Å². The van der Waals surface area contributed by atoms with Gasteiger partial charge in [0, 0.05) is 41.6 Å². The van der Waals surface area contributed by atoms with Crippen LogP contribution in [0.15, 0.2) is 40.0 Å². The fraction of sp³-hybridized carbons (Fsp3) is 0.368. The van der Waals surface area contributed by atoms with Crippen LogP contribution < -0.4 is 4.74 Å². The third-order valence-corrected chi connectivity index (χ3v) is 5.69. The monoisotopic (exact) mass is 430 g/mol. The number of nitrogens with zero attached hydrogens (tertiary/aromatic N) is 6. The molecule has 2 aliphatic heterocycles. The number of piperazine rings is 1. The maximum absolute atomic E-state index is 10.9. The van der Waals surface area contributed by atoms with Crippen LogP contribution in [0.3, 0.4) is 0 Å². The number of hydrogen-bond acceptors (Lipinski definition) is 8. The highest BCUT2D eigenvalue weighted by molar-refractivity contribution is 6.31. The van der Waals surface area contributed by atoms with Gasteiger partial charge in [-0.2, -0.15) is 5.10 Å². The van der Waals surface area contributed by atoms with Crippen LogP contribution in [0.1, 0.15) is 12.7 Å². The van der Waals surface area contributed by atoms with Gasteiger partial charge in [0.15, 0.2) is 5.72 Å². The maximum Gasteiger partial charge on any atom is 0.416 e. The Morgan fingerprint density at radius 1 is 1.30 bits per heavy atom. The van der Waals surface area contributed by atoms with Crippen LogP contribution in [-0.2, 0) is 6.54 Å². The summed E-state index contributed by atoms with van der Waals surface area (Å²) in [4.78, 5) is 16.5. The average Bonchev–Trinajstić information content (AvgIpc) is 3.37. The van der Waals surface area contributed by atoms with Crippen molar-refractivity contribution in [1.82, 2.24) is 19.5 Å². The average molecular weight is 431 g/mol. The van der Waals surface area contributed by atoms with Crippen LogP contribution in [0, 0.1) is 10.1 Å². The molecule has 2 aliphatic rings. The van der Waals surface area contributed by atoms with Gasteiger partial charge in [-0.15, -0.1) is 0 Å². The lowest BCUT2D eigenvalue weighted by atomic mass is 10.2. The predicted octanol–water partition coefficient (Wildman–Crippen LogP) is 2.95. The summed E-state index contributed by atoms with van der Waals surface area (Å²) in [5.41, 5.74) is 0.195. The molecule has 0 aliphatic carbocycles. The number of benzene rings is 1. The highest BCUT2D eigenvalue weighted by Crippen LogP contribution is 2.33. The molecule has 0 spiro atoms. The number of hydrogen-bond donors (Lipinski definition) is 0. The van der Waals surface area contributed by atoms with Crippen molar-refractivity contribution in [2.75, 3.05) is 26.2 Å². The summed E-state index contributed by atoms with van der Waals surface area (Å²) in [6.07, 6.45) is 3.13. The number of fused-ring (bicyclic) bond motifs is 2. The van der Waals surface area contributed by atoms with E-state index in [0.29, 0.717) is 17.3 Å². The first-order valence-electron chi connectivity index (χ1n) is 9.53. The third-order valence-electron chi connectivity index (χ3n) is 5.46. The van der Waals surface area contributed by atoms with Crippen molar-refractivity contribution in [1.29, 1.82) is 0 Å². The molecule has 3 aromatic rings. The van der Waals surface area contributed by atoms with E-state index in [1.807, 2.05) is 30.1 Å². The summed E-state index contributed by atoms with van der Waals surface area (Å²) in [7, 11) is 0. The molecule has 1 aromatic carbocycles. The van der Waals surface area contributed by atoms with E-state index >= 15 is 0 Å². The van der Waals surface area contributed by atoms with Crippen LogP contribution in [-0.4, -0.2) is 62.5 Å². The smallest absolute Gasteiger partial charge is 0.416 e. The molecule has 1 fully saturated rings. The van der Waals surface area contributed by atoms with E-state index in [4.69, 9.17) is 20.8 Å². The quantitative estimate of drug-likeness (QED) is 0.356. The zero-order valence-corrected chi connectivity index (χ0v) is 16.9. The van der Waals surface area contributed by atoms with Gasteiger partial charge in [0.25, 0.3) is 0 Å². The first-order chi connectivity index (χ1) is 14.4. The lowest BCUT2D eigenvalue weighted by Gasteiger charge is -2.41. The Kier molecular flexibility index (Phi) is 4.40. The molecule has 2 aromatic heterocycles. The molecule has 0 bridgehead atoms. The fourth-order valence-corrected chi connectivity index (χ4v) is 4.08. The molecule has 5 rings (SSSR count). The molecule has 156 valence electrons. The van der Waals surface area contributed by atoms with Gasteiger partial charge in [-0.25, -0.2) is 0 Å². The Balaban J connectivity index is 1.20. The number of imidazole rings is 1. The van der Waals surface area contributed by atoms with E-state index in [2.05, 4.69) is 15.0 Å². The number of nitro groups is 1. The first-order valence-corrected chi connectivity index (χ1v) is 9.91. The minimum atomic E-state index is -0.578. The van der Waals surface area contributed by atoms with Crippen molar-refractivity contribution < 1.29 is 14.1 Å².